The van der Waals surface area contributed by atoms with Gasteiger partial charge in [0.15, 0.2) is 0 Å². The van der Waals surface area contributed by atoms with Gasteiger partial charge in [-0.15, -0.1) is 0 Å². The van der Waals surface area contributed by atoms with E-state index < -0.39 is 0 Å². The number of nitrogens with zero attached hydrogens (tertiary/aromatic N) is 1. The van der Waals surface area contributed by atoms with Crippen LogP contribution in [-0.4, -0.2) is 0 Å². The first-order valence-electron chi connectivity index (χ1n) is 18.3. The van der Waals surface area contributed by atoms with Gasteiger partial charge in [-0.3, -0.25) is 0 Å². The summed E-state index contributed by atoms with van der Waals surface area (Å²) in [6.07, 6.45) is 0. The van der Waals surface area contributed by atoms with E-state index in [1.54, 1.807) is 0 Å². The van der Waals surface area contributed by atoms with Crippen LogP contribution in [-0.2, 0) is 0 Å². The Balaban J connectivity index is 1.07. The van der Waals surface area contributed by atoms with Crippen molar-refractivity contribution in [3.8, 4) is 33.4 Å². The van der Waals surface area contributed by atoms with Crippen molar-refractivity contribution in [1.82, 2.24) is 0 Å². The molecule has 248 valence electrons. The standard InChI is InChI=1S/C52H35N/c1-4-20-47-37(11-1)14-9-23-49(47)43-18-7-16-40(33-43)41-17-8-19-46(35-41)53(52-24-10-15-38-12-3-6-22-51(38)52)45-30-27-36(28-31-45)42-29-32-50-44(34-42)26-25-39-13-2-5-21-48(39)50/h1-35H. The maximum atomic E-state index is 2.40. The predicted octanol–water partition coefficient (Wildman–Crippen LogP) is 14.8. The van der Waals surface area contributed by atoms with Gasteiger partial charge >= 0.3 is 0 Å². The molecular formula is C52H35N. The third kappa shape index (κ3) is 5.60. The van der Waals surface area contributed by atoms with E-state index in [2.05, 4.69) is 217 Å². The van der Waals surface area contributed by atoms with Gasteiger partial charge in [-0.1, -0.05) is 170 Å². The highest BCUT2D eigenvalue weighted by Gasteiger charge is 2.17. The van der Waals surface area contributed by atoms with Gasteiger partial charge in [0.1, 0.15) is 0 Å². The lowest BCUT2D eigenvalue weighted by atomic mass is 9.95. The lowest BCUT2D eigenvalue weighted by Crippen LogP contribution is -2.10. The average Bonchev–Trinajstić information content (AvgIpc) is 3.24. The molecule has 0 N–H and O–H groups in total. The van der Waals surface area contributed by atoms with Crippen molar-refractivity contribution in [3.63, 3.8) is 0 Å². The molecule has 0 unspecified atom stereocenters. The van der Waals surface area contributed by atoms with E-state index in [1.807, 2.05) is 0 Å². The minimum Gasteiger partial charge on any atom is -0.310 e. The van der Waals surface area contributed by atoms with Crippen molar-refractivity contribution in [2.75, 3.05) is 4.90 Å². The summed E-state index contributed by atoms with van der Waals surface area (Å²) in [5.74, 6) is 0. The fourth-order valence-electron chi connectivity index (χ4n) is 7.99. The number of hydrogen-bond donors (Lipinski definition) is 0. The molecule has 10 rings (SSSR count). The molecule has 0 saturated heterocycles. The van der Waals surface area contributed by atoms with E-state index in [-0.39, 0.29) is 0 Å². The maximum Gasteiger partial charge on any atom is 0.0540 e. The second-order valence-electron chi connectivity index (χ2n) is 13.8. The first-order chi connectivity index (χ1) is 26.3. The highest BCUT2D eigenvalue weighted by Crippen LogP contribution is 2.41. The molecule has 0 aliphatic heterocycles. The summed E-state index contributed by atoms with van der Waals surface area (Å²) in [5.41, 5.74) is 10.6. The smallest absolute Gasteiger partial charge is 0.0540 e. The molecule has 0 aliphatic rings. The van der Waals surface area contributed by atoms with Crippen LogP contribution in [0.1, 0.15) is 0 Å². The van der Waals surface area contributed by atoms with Gasteiger partial charge in [0.2, 0.25) is 0 Å². The number of hydrogen-bond acceptors (Lipinski definition) is 1. The molecule has 0 amide bonds. The van der Waals surface area contributed by atoms with Gasteiger partial charge in [0, 0.05) is 16.8 Å². The molecule has 0 saturated carbocycles. The fourth-order valence-corrected chi connectivity index (χ4v) is 7.99. The van der Waals surface area contributed by atoms with Crippen molar-refractivity contribution >= 4 is 60.2 Å². The Morgan fingerprint density at radius 2 is 0.774 bits per heavy atom. The minimum absolute atomic E-state index is 1.11. The molecule has 10 aromatic carbocycles. The van der Waals surface area contributed by atoms with E-state index in [4.69, 9.17) is 0 Å². The molecule has 0 radical (unpaired) electrons. The third-order valence-corrected chi connectivity index (χ3v) is 10.6. The molecule has 0 atom stereocenters. The highest BCUT2D eigenvalue weighted by atomic mass is 15.1. The molecule has 0 bridgehead atoms. The molecule has 1 heteroatoms. The first-order valence-corrected chi connectivity index (χ1v) is 18.3. The molecule has 53 heavy (non-hydrogen) atoms. The number of fused-ring (bicyclic) bond motifs is 5. The average molecular weight is 674 g/mol. The molecule has 0 aliphatic carbocycles. The zero-order valence-electron chi connectivity index (χ0n) is 29.2. The van der Waals surface area contributed by atoms with Crippen LogP contribution in [0.25, 0.3) is 76.5 Å². The Labute approximate surface area is 309 Å². The second kappa shape index (κ2) is 13.0. The van der Waals surface area contributed by atoms with Crippen molar-refractivity contribution in [2.45, 2.75) is 0 Å². The largest absolute Gasteiger partial charge is 0.310 e. The van der Waals surface area contributed by atoms with Gasteiger partial charge in [-0.25, -0.2) is 0 Å². The van der Waals surface area contributed by atoms with Gasteiger partial charge < -0.3 is 4.90 Å². The van der Waals surface area contributed by atoms with Crippen LogP contribution in [0.4, 0.5) is 17.1 Å². The zero-order chi connectivity index (χ0) is 35.1. The summed E-state index contributed by atoms with van der Waals surface area (Å²) in [6, 6.07) is 77.3. The number of rotatable bonds is 6. The van der Waals surface area contributed by atoms with E-state index in [0.29, 0.717) is 0 Å². The van der Waals surface area contributed by atoms with Crippen LogP contribution >= 0.6 is 0 Å². The van der Waals surface area contributed by atoms with Crippen molar-refractivity contribution < 1.29 is 0 Å². The van der Waals surface area contributed by atoms with Crippen molar-refractivity contribution in [2.24, 2.45) is 0 Å². The van der Waals surface area contributed by atoms with Gasteiger partial charge in [0.05, 0.1) is 5.69 Å². The van der Waals surface area contributed by atoms with Crippen molar-refractivity contribution in [3.05, 3.63) is 212 Å². The summed E-state index contributed by atoms with van der Waals surface area (Å²) in [4.78, 5) is 2.40. The monoisotopic (exact) mass is 673 g/mol. The quantitative estimate of drug-likeness (QED) is 0.159. The van der Waals surface area contributed by atoms with Crippen LogP contribution in [0.5, 0.6) is 0 Å². The van der Waals surface area contributed by atoms with Crippen LogP contribution in [0.2, 0.25) is 0 Å². The van der Waals surface area contributed by atoms with Crippen LogP contribution in [0.3, 0.4) is 0 Å². The van der Waals surface area contributed by atoms with Gasteiger partial charge in [0.25, 0.3) is 0 Å². The first kappa shape index (κ1) is 30.8. The summed E-state index contributed by atoms with van der Waals surface area (Å²) >= 11 is 0. The van der Waals surface area contributed by atoms with E-state index in [1.165, 1.54) is 76.5 Å². The topological polar surface area (TPSA) is 3.24 Å². The van der Waals surface area contributed by atoms with E-state index >= 15 is 0 Å². The Bertz CT molecular complexity index is 2940. The zero-order valence-corrected chi connectivity index (χ0v) is 29.2. The SMILES string of the molecule is c1cc(-c2cccc(N(c3ccc(-c4ccc5c(ccc6ccccc65)c4)cc3)c3cccc4ccccc34)c2)cc(-c2cccc3ccccc23)c1. The van der Waals surface area contributed by atoms with E-state index in [9.17, 15) is 0 Å². The Kier molecular flexibility index (Phi) is 7.55. The molecule has 10 aromatic rings. The summed E-state index contributed by atoms with van der Waals surface area (Å²) in [6.45, 7) is 0. The predicted molar refractivity (Wildman–Crippen MR) is 227 cm³/mol. The van der Waals surface area contributed by atoms with Crippen LogP contribution in [0.15, 0.2) is 212 Å². The van der Waals surface area contributed by atoms with Crippen LogP contribution in [0, 0.1) is 0 Å². The molecular weight excluding hydrogens is 639 g/mol. The lowest BCUT2D eigenvalue weighted by molar-refractivity contribution is 1.30. The maximum absolute atomic E-state index is 2.40. The summed E-state index contributed by atoms with van der Waals surface area (Å²) in [5, 5.41) is 10.1. The molecule has 1 nitrogen and oxygen atoms in total. The molecule has 0 spiro atoms. The molecule has 0 fully saturated rings. The Morgan fingerprint density at radius 3 is 1.58 bits per heavy atom. The van der Waals surface area contributed by atoms with Gasteiger partial charge in [-0.2, -0.15) is 0 Å². The van der Waals surface area contributed by atoms with Gasteiger partial charge in [-0.05, 0) is 114 Å². The Morgan fingerprint density at radius 1 is 0.245 bits per heavy atom. The third-order valence-electron chi connectivity index (χ3n) is 10.6. The minimum atomic E-state index is 1.11. The highest BCUT2D eigenvalue weighted by molar-refractivity contribution is 6.08. The van der Waals surface area contributed by atoms with Crippen LogP contribution < -0.4 is 4.90 Å². The summed E-state index contributed by atoms with van der Waals surface area (Å²) in [7, 11) is 0. The summed E-state index contributed by atoms with van der Waals surface area (Å²) < 4.78 is 0. The lowest BCUT2D eigenvalue weighted by Gasteiger charge is -2.27. The molecule has 0 heterocycles. The van der Waals surface area contributed by atoms with E-state index in [0.717, 1.165) is 17.1 Å². The second-order valence-corrected chi connectivity index (χ2v) is 13.8. The normalized spacial score (nSPS) is 11.4. The number of benzene rings is 10. The number of anilines is 3. The molecule has 0 aromatic heterocycles. The van der Waals surface area contributed by atoms with Crippen molar-refractivity contribution in [1.29, 1.82) is 0 Å². The fraction of sp³-hybridized carbons (Fsp3) is 0. The Hall–Kier alpha value is -6.96.